The van der Waals surface area contributed by atoms with E-state index < -0.39 is 23.6 Å². The van der Waals surface area contributed by atoms with Crippen LogP contribution < -0.4 is 26.4 Å². The monoisotopic (exact) mass is 483 g/mol. The van der Waals surface area contributed by atoms with Crippen molar-refractivity contribution in [3.8, 4) is 5.88 Å². The van der Waals surface area contributed by atoms with E-state index in [1.807, 2.05) is 13.8 Å². The van der Waals surface area contributed by atoms with Crippen molar-refractivity contribution in [1.29, 1.82) is 0 Å². The number of halogens is 2. The number of nitrogens with zero attached hydrogens (tertiary/aromatic N) is 1. The van der Waals surface area contributed by atoms with Crippen molar-refractivity contribution in [2.45, 2.75) is 39.5 Å². The maximum atomic E-state index is 14.1. The number of anilines is 1. The Kier molecular flexibility index (Phi) is 8.16. The van der Waals surface area contributed by atoms with Crippen molar-refractivity contribution in [2.24, 2.45) is 11.7 Å². The Morgan fingerprint density at radius 1 is 1.36 bits per heavy atom. The summed E-state index contributed by atoms with van der Waals surface area (Å²) in [6.45, 7) is 6.77. The summed E-state index contributed by atoms with van der Waals surface area (Å²) in [7, 11) is 0. The van der Waals surface area contributed by atoms with Gasteiger partial charge in [-0.25, -0.2) is 13.6 Å². The van der Waals surface area contributed by atoms with E-state index in [9.17, 15) is 18.4 Å². The van der Waals surface area contributed by atoms with Crippen LogP contribution in [-0.2, 0) is 11.3 Å². The Balaban J connectivity index is 1.70. The van der Waals surface area contributed by atoms with Crippen LogP contribution in [0.1, 0.15) is 35.3 Å². The number of nitrogens with two attached hydrogens (primary N) is 1. The van der Waals surface area contributed by atoms with Gasteiger partial charge in [0.15, 0.2) is 11.6 Å². The molecular formula is C21H27F2N5O4S. The number of benzene rings is 1. The van der Waals surface area contributed by atoms with E-state index in [0.717, 1.165) is 11.5 Å². The molecule has 0 bridgehead atoms. The molecule has 0 saturated carbocycles. The van der Waals surface area contributed by atoms with Gasteiger partial charge in [0, 0.05) is 12.1 Å². The zero-order chi connectivity index (χ0) is 24.1. The molecule has 2 atom stereocenters. The number of amides is 3. The highest BCUT2D eigenvalue weighted by molar-refractivity contribution is 7.11. The lowest BCUT2D eigenvalue weighted by atomic mass is 9.96. The second-order valence-corrected chi connectivity index (χ2v) is 8.79. The predicted octanol–water partition coefficient (Wildman–Crippen LogP) is 2.54. The summed E-state index contributed by atoms with van der Waals surface area (Å²) in [5, 5.41) is 8.88. The Hall–Kier alpha value is -2.83. The topological polar surface area (TPSA) is 128 Å². The lowest BCUT2D eigenvalue weighted by molar-refractivity contribution is 0.0587. The summed E-state index contributed by atoms with van der Waals surface area (Å²) < 4.78 is 42.8. The van der Waals surface area contributed by atoms with E-state index in [4.69, 9.17) is 15.2 Å². The fraction of sp³-hybridized carbons (Fsp3) is 0.476. The smallest absolute Gasteiger partial charge is 0.320 e. The Bertz CT molecular complexity index is 1010. The molecule has 2 heterocycles. The second kappa shape index (κ2) is 10.9. The minimum Gasteiger partial charge on any atom is -0.471 e. The average Bonchev–Trinajstić information content (AvgIpc) is 3.18. The van der Waals surface area contributed by atoms with E-state index in [1.165, 1.54) is 19.1 Å². The molecule has 0 aliphatic carbocycles. The maximum absolute atomic E-state index is 14.1. The summed E-state index contributed by atoms with van der Waals surface area (Å²) in [4.78, 5) is 24.7. The first-order chi connectivity index (χ1) is 15.7. The minimum absolute atomic E-state index is 0.0456. The molecule has 1 aromatic heterocycles. The van der Waals surface area contributed by atoms with E-state index in [0.29, 0.717) is 19.8 Å². The fourth-order valence-corrected chi connectivity index (χ4v) is 4.19. The van der Waals surface area contributed by atoms with Crippen LogP contribution in [-0.4, -0.2) is 48.2 Å². The van der Waals surface area contributed by atoms with Gasteiger partial charge in [0.05, 0.1) is 25.3 Å². The van der Waals surface area contributed by atoms with Gasteiger partial charge in [-0.05, 0) is 29.9 Å². The average molecular weight is 484 g/mol. The third-order valence-corrected chi connectivity index (χ3v) is 6.00. The molecule has 3 amide bonds. The number of aryl methyl sites for hydroxylation is 1. The molecule has 1 saturated heterocycles. The molecule has 33 heavy (non-hydrogen) atoms. The van der Waals surface area contributed by atoms with Crippen LogP contribution in [0.4, 0.5) is 18.6 Å². The molecule has 1 fully saturated rings. The van der Waals surface area contributed by atoms with Crippen LogP contribution in [0.3, 0.4) is 0 Å². The number of primary amides is 1. The van der Waals surface area contributed by atoms with E-state index in [2.05, 4.69) is 20.3 Å². The van der Waals surface area contributed by atoms with Crippen molar-refractivity contribution in [1.82, 2.24) is 15.0 Å². The van der Waals surface area contributed by atoms with Gasteiger partial charge in [0.2, 0.25) is 5.88 Å². The first kappa shape index (κ1) is 24.8. The van der Waals surface area contributed by atoms with Crippen LogP contribution in [0.2, 0.25) is 0 Å². The van der Waals surface area contributed by atoms with Gasteiger partial charge < -0.3 is 25.8 Å². The molecule has 5 N–H and O–H groups in total. The van der Waals surface area contributed by atoms with Gasteiger partial charge in [-0.1, -0.05) is 26.0 Å². The lowest BCUT2D eigenvalue weighted by Crippen LogP contribution is -2.58. The highest BCUT2D eigenvalue weighted by atomic mass is 32.1. The largest absolute Gasteiger partial charge is 0.471 e. The standard InChI is InChI=1S/C21H27F2N5O4S/c1-10(2)17(13-9-31-7-6-25-13)26-21(30)27-20-14(18(24)29)19(28-33-20)32-8-12-5-4-11(3)15(22)16(12)23/h4-5,10,13,17,25H,6-9H2,1-3H3,(H2,24,29)(H2,26,27,30). The number of hydrogen-bond donors (Lipinski definition) is 4. The lowest BCUT2D eigenvalue weighted by Gasteiger charge is -2.34. The molecule has 1 aliphatic heterocycles. The zero-order valence-electron chi connectivity index (χ0n) is 18.5. The minimum atomic E-state index is -1.04. The summed E-state index contributed by atoms with van der Waals surface area (Å²) in [5.74, 6) is -2.96. The Labute approximate surface area is 194 Å². The molecule has 0 radical (unpaired) electrons. The molecule has 12 heteroatoms. The molecule has 180 valence electrons. The number of carbonyl (C=O) groups is 2. The highest BCUT2D eigenvalue weighted by Gasteiger charge is 2.29. The molecule has 0 spiro atoms. The summed E-state index contributed by atoms with van der Waals surface area (Å²) in [6.07, 6.45) is 0. The van der Waals surface area contributed by atoms with Gasteiger partial charge >= 0.3 is 6.03 Å². The fourth-order valence-electron chi connectivity index (χ4n) is 3.46. The number of nitrogens with one attached hydrogen (secondary N) is 3. The third-order valence-electron chi connectivity index (χ3n) is 5.25. The van der Waals surface area contributed by atoms with Crippen molar-refractivity contribution >= 4 is 28.5 Å². The third kappa shape index (κ3) is 5.95. The number of hydrogen-bond acceptors (Lipinski definition) is 7. The van der Waals surface area contributed by atoms with Gasteiger partial charge in [-0.2, -0.15) is 4.37 Å². The summed E-state index contributed by atoms with van der Waals surface area (Å²) >= 11 is 0.793. The van der Waals surface area contributed by atoms with Crippen molar-refractivity contribution in [3.63, 3.8) is 0 Å². The summed E-state index contributed by atoms with van der Waals surface area (Å²) in [5.41, 5.74) is 5.43. The van der Waals surface area contributed by atoms with Gasteiger partial charge in [-0.15, -0.1) is 0 Å². The number of aromatic nitrogens is 1. The van der Waals surface area contributed by atoms with E-state index in [-0.39, 0.29) is 52.2 Å². The van der Waals surface area contributed by atoms with Crippen LogP contribution in [0.25, 0.3) is 0 Å². The van der Waals surface area contributed by atoms with Gasteiger partial charge in [0.1, 0.15) is 17.2 Å². The van der Waals surface area contributed by atoms with Crippen LogP contribution in [0.15, 0.2) is 12.1 Å². The quantitative estimate of drug-likeness (QED) is 0.457. The van der Waals surface area contributed by atoms with Crippen molar-refractivity contribution in [3.05, 3.63) is 40.5 Å². The predicted molar refractivity (Wildman–Crippen MR) is 119 cm³/mol. The number of morpholine rings is 1. The van der Waals surface area contributed by atoms with Crippen LogP contribution in [0.5, 0.6) is 5.88 Å². The summed E-state index contributed by atoms with van der Waals surface area (Å²) in [6, 6.07) is 1.95. The molecule has 2 unspecified atom stereocenters. The molecule has 9 nitrogen and oxygen atoms in total. The van der Waals surface area contributed by atoms with Gasteiger partial charge in [-0.3, -0.25) is 10.1 Å². The van der Waals surface area contributed by atoms with Gasteiger partial charge in [0.25, 0.3) is 5.91 Å². The number of rotatable bonds is 8. The molecular weight excluding hydrogens is 456 g/mol. The second-order valence-electron chi connectivity index (χ2n) is 8.02. The number of carbonyl (C=O) groups excluding carboxylic acids is 2. The molecule has 3 rings (SSSR count). The normalized spacial score (nSPS) is 17.0. The van der Waals surface area contributed by atoms with E-state index >= 15 is 0 Å². The number of urea groups is 1. The SMILES string of the molecule is Cc1ccc(COc2nsc(NC(=O)NC(C(C)C)C3COCCN3)c2C(N)=O)c(F)c1F. The molecule has 2 aromatic rings. The van der Waals surface area contributed by atoms with E-state index in [1.54, 1.807) is 0 Å². The first-order valence-corrected chi connectivity index (χ1v) is 11.2. The number of ether oxygens (including phenoxy) is 2. The maximum Gasteiger partial charge on any atom is 0.320 e. The Morgan fingerprint density at radius 2 is 2.12 bits per heavy atom. The van der Waals surface area contributed by atoms with Crippen LogP contribution in [0, 0.1) is 24.5 Å². The zero-order valence-corrected chi connectivity index (χ0v) is 19.4. The first-order valence-electron chi connectivity index (χ1n) is 10.4. The molecule has 1 aromatic carbocycles. The van der Waals surface area contributed by atoms with Crippen LogP contribution >= 0.6 is 11.5 Å². The van der Waals surface area contributed by atoms with Crippen molar-refractivity contribution in [2.75, 3.05) is 25.1 Å². The molecule has 1 aliphatic rings. The van der Waals surface area contributed by atoms with Crippen molar-refractivity contribution < 1.29 is 27.8 Å². The Morgan fingerprint density at radius 3 is 2.76 bits per heavy atom. The highest BCUT2D eigenvalue weighted by Crippen LogP contribution is 2.31.